The zero-order chi connectivity index (χ0) is 13.8. The Morgan fingerprint density at radius 3 is 2.39 bits per heavy atom. The number of rotatable bonds is 5. The number of aromatic nitrogens is 1. The molecule has 0 radical (unpaired) electrons. The van der Waals surface area contributed by atoms with Crippen molar-refractivity contribution in [1.29, 1.82) is 0 Å². The molecule has 0 aromatic carbocycles. The van der Waals surface area contributed by atoms with E-state index in [-0.39, 0.29) is 12.4 Å². The fourth-order valence-corrected chi connectivity index (χ4v) is 1.53. The molecule has 1 aromatic heterocycles. The maximum absolute atomic E-state index is 12.7. The second kappa shape index (κ2) is 5.56. The van der Waals surface area contributed by atoms with E-state index in [0.717, 1.165) is 6.07 Å². The maximum atomic E-state index is 12.7. The standard InChI is InChI=1S/C12H18F3N3/c1-3-11(16,4-2)8-18-10-9(12(13,14)15)6-5-7-17-10/h5-7H,3-4,8,16H2,1-2H3,(H,17,18). The highest BCUT2D eigenvalue weighted by Crippen LogP contribution is 2.33. The summed E-state index contributed by atoms with van der Waals surface area (Å²) in [5.41, 5.74) is 4.75. The van der Waals surface area contributed by atoms with Gasteiger partial charge in [-0.1, -0.05) is 13.8 Å². The van der Waals surface area contributed by atoms with Crippen molar-refractivity contribution in [1.82, 2.24) is 4.98 Å². The van der Waals surface area contributed by atoms with Crippen LogP contribution in [0.2, 0.25) is 0 Å². The fraction of sp³-hybridized carbons (Fsp3) is 0.583. The van der Waals surface area contributed by atoms with Gasteiger partial charge in [0, 0.05) is 18.3 Å². The van der Waals surface area contributed by atoms with Gasteiger partial charge in [-0.15, -0.1) is 0 Å². The summed E-state index contributed by atoms with van der Waals surface area (Å²) in [5.74, 6) is -0.165. The first kappa shape index (κ1) is 14.8. The molecule has 0 saturated heterocycles. The van der Waals surface area contributed by atoms with Crippen LogP contribution in [0.25, 0.3) is 0 Å². The first-order valence-electron chi connectivity index (χ1n) is 5.87. The van der Waals surface area contributed by atoms with Crippen LogP contribution in [-0.2, 0) is 6.18 Å². The summed E-state index contributed by atoms with van der Waals surface area (Å²) in [6.07, 6.45) is -1.71. The third kappa shape index (κ3) is 3.60. The molecule has 0 fully saturated rings. The summed E-state index contributed by atoms with van der Waals surface area (Å²) in [5, 5.41) is 2.71. The number of hydrogen-bond donors (Lipinski definition) is 2. The Labute approximate surface area is 105 Å². The van der Waals surface area contributed by atoms with E-state index in [1.165, 1.54) is 12.3 Å². The molecule has 1 rings (SSSR count). The van der Waals surface area contributed by atoms with Crippen molar-refractivity contribution in [2.45, 2.75) is 38.4 Å². The van der Waals surface area contributed by atoms with E-state index in [9.17, 15) is 13.2 Å². The van der Waals surface area contributed by atoms with Crippen molar-refractivity contribution < 1.29 is 13.2 Å². The molecule has 6 heteroatoms. The van der Waals surface area contributed by atoms with Crippen LogP contribution in [0.4, 0.5) is 19.0 Å². The minimum atomic E-state index is -4.41. The molecular formula is C12H18F3N3. The molecule has 1 aromatic rings. The quantitative estimate of drug-likeness (QED) is 0.856. The van der Waals surface area contributed by atoms with Crippen LogP contribution >= 0.6 is 0 Å². The van der Waals surface area contributed by atoms with Crippen LogP contribution in [0, 0.1) is 0 Å². The van der Waals surface area contributed by atoms with E-state index in [1.807, 2.05) is 13.8 Å². The molecule has 3 nitrogen and oxygen atoms in total. The summed E-state index contributed by atoms with van der Waals surface area (Å²) in [6, 6.07) is 2.27. The van der Waals surface area contributed by atoms with E-state index < -0.39 is 17.3 Å². The van der Waals surface area contributed by atoms with E-state index >= 15 is 0 Å². The van der Waals surface area contributed by atoms with Crippen molar-refractivity contribution in [3.05, 3.63) is 23.9 Å². The molecule has 0 aliphatic heterocycles. The molecule has 1 heterocycles. The van der Waals surface area contributed by atoms with Gasteiger partial charge in [-0.05, 0) is 25.0 Å². The van der Waals surface area contributed by atoms with Gasteiger partial charge in [0.1, 0.15) is 5.82 Å². The topological polar surface area (TPSA) is 50.9 Å². The lowest BCUT2D eigenvalue weighted by Crippen LogP contribution is -2.45. The van der Waals surface area contributed by atoms with E-state index in [4.69, 9.17) is 5.73 Å². The van der Waals surface area contributed by atoms with Crippen molar-refractivity contribution in [2.75, 3.05) is 11.9 Å². The van der Waals surface area contributed by atoms with Gasteiger partial charge in [-0.2, -0.15) is 13.2 Å². The van der Waals surface area contributed by atoms with Gasteiger partial charge < -0.3 is 11.1 Å². The van der Waals surface area contributed by atoms with Gasteiger partial charge in [0.25, 0.3) is 0 Å². The number of pyridine rings is 1. The molecule has 18 heavy (non-hydrogen) atoms. The number of nitrogens with one attached hydrogen (secondary N) is 1. The van der Waals surface area contributed by atoms with Gasteiger partial charge in [0.05, 0.1) is 5.56 Å². The van der Waals surface area contributed by atoms with Crippen molar-refractivity contribution in [3.8, 4) is 0 Å². The molecule has 0 unspecified atom stereocenters. The van der Waals surface area contributed by atoms with Crippen molar-refractivity contribution in [2.24, 2.45) is 5.73 Å². The zero-order valence-corrected chi connectivity index (χ0v) is 10.5. The van der Waals surface area contributed by atoms with Crippen molar-refractivity contribution >= 4 is 5.82 Å². The summed E-state index contributed by atoms with van der Waals surface area (Å²) < 4.78 is 38.2. The van der Waals surface area contributed by atoms with Crippen LogP contribution in [-0.4, -0.2) is 17.1 Å². The first-order chi connectivity index (χ1) is 8.32. The van der Waals surface area contributed by atoms with Gasteiger partial charge in [0.2, 0.25) is 0 Å². The molecule has 3 N–H and O–H groups in total. The highest BCUT2D eigenvalue weighted by molar-refractivity contribution is 5.45. The smallest absolute Gasteiger partial charge is 0.368 e. The lowest BCUT2D eigenvalue weighted by Gasteiger charge is -2.27. The highest BCUT2D eigenvalue weighted by atomic mass is 19.4. The Morgan fingerprint density at radius 1 is 1.28 bits per heavy atom. The lowest BCUT2D eigenvalue weighted by molar-refractivity contribution is -0.137. The minimum absolute atomic E-state index is 0.165. The molecular weight excluding hydrogens is 243 g/mol. The number of hydrogen-bond acceptors (Lipinski definition) is 3. The number of nitrogens with zero attached hydrogens (tertiary/aromatic N) is 1. The number of halogens is 3. The van der Waals surface area contributed by atoms with E-state index in [1.54, 1.807) is 0 Å². The van der Waals surface area contributed by atoms with Gasteiger partial charge in [-0.3, -0.25) is 0 Å². The Hall–Kier alpha value is -1.30. The molecule has 0 amide bonds. The summed E-state index contributed by atoms with van der Waals surface area (Å²) in [7, 11) is 0. The van der Waals surface area contributed by atoms with Gasteiger partial charge in [-0.25, -0.2) is 4.98 Å². The van der Waals surface area contributed by atoms with Crippen LogP contribution < -0.4 is 11.1 Å². The zero-order valence-electron chi connectivity index (χ0n) is 10.5. The molecule has 0 atom stereocenters. The Morgan fingerprint density at radius 2 is 1.89 bits per heavy atom. The van der Waals surface area contributed by atoms with E-state index in [0.29, 0.717) is 12.8 Å². The lowest BCUT2D eigenvalue weighted by atomic mass is 9.94. The average molecular weight is 261 g/mol. The Bertz CT molecular complexity index is 386. The van der Waals surface area contributed by atoms with Crippen LogP contribution in [0.15, 0.2) is 18.3 Å². The number of alkyl halides is 3. The third-order valence-electron chi connectivity index (χ3n) is 3.13. The molecule has 0 aliphatic carbocycles. The predicted octanol–water partition coefficient (Wildman–Crippen LogP) is 3.03. The molecule has 0 saturated carbocycles. The highest BCUT2D eigenvalue weighted by Gasteiger charge is 2.34. The summed E-state index contributed by atoms with van der Waals surface area (Å²) in [4.78, 5) is 3.73. The monoisotopic (exact) mass is 261 g/mol. The Balaban J connectivity index is 2.86. The van der Waals surface area contributed by atoms with Gasteiger partial charge in [0.15, 0.2) is 0 Å². The minimum Gasteiger partial charge on any atom is -0.368 e. The fourth-order valence-electron chi connectivity index (χ4n) is 1.53. The predicted molar refractivity (Wildman–Crippen MR) is 65.2 cm³/mol. The SMILES string of the molecule is CCC(N)(CC)CNc1ncccc1C(F)(F)F. The van der Waals surface area contributed by atoms with Crippen LogP contribution in [0.3, 0.4) is 0 Å². The molecule has 102 valence electrons. The average Bonchev–Trinajstić information content (AvgIpc) is 2.35. The Kier molecular flexibility index (Phi) is 4.56. The van der Waals surface area contributed by atoms with E-state index in [2.05, 4.69) is 10.3 Å². The maximum Gasteiger partial charge on any atom is 0.419 e. The molecule has 0 aliphatic rings. The normalized spacial score (nSPS) is 12.6. The second-order valence-electron chi connectivity index (χ2n) is 4.32. The molecule has 0 bridgehead atoms. The summed E-state index contributed by atoms with van der Waals surface area (Å²) in [6.45, 7) is 4.09. The second-order valence-corrected chi connectivity index (χ2v) is 4.32. The largest absolute Gasteiger partial charge is 0.419 e. The molecule has 0 spiro atoms. The third-order valence-corrected chi connectivity index (χ3v) is 3.13. The number of anilines is 1. The van der Waals surface area contributed by atoms with Crippen LogP contribution in [0.1, 0.15) is 32.3 Å². The van der Waals surface area contributed by atoms with Gasteiger partial charge >= 0.3 is 6.18 Å². The summed E-state index contributed by atoms with van der Waals surface area (Å²) >= 11 is 0. The first-order valence-corrected chi connectivity index (χ1v) is 5.87. The number of nitrogens with two attached hydrogens (primary N) is 1. The van der Waals surface area contributed by atoms with Crippen LogP contribution in [0.5, 0.6) is 0 Å². The van der Waals surface area contributed by atoms with Crippen molar-refractivity contribution in [3.63, 3.8) is 0 Å².